The Balaban J connectivity index is 2.42. The Hall–Kier alpha value is -2.03. The summed E-state index contributed by atoms with van der Waals surface area (Å²) in [6.07, 6.45) is 2.01. The Bertz CT molecular complexity index is 624. The molecule has 20 heavy (non-hydrogen) atoms. The SMILES string of the molecule is CC(C)c1cccc(-c2cc(C(=O)N(C)C)n(C)c2)c1. The highest BCUT2D eigenvalue weighted by Gasteiger charge is 2.14. The summed E-state index contributed by atoms with van der Waals surface area (Å²) in [4.78, 5) is 13.7. The fourth-order valence-electron chi connectivity index (χ4n) is 2.24. The zero-order valence-corrected chi connectivity index (χ0v) is 12.8. The van der Waals surface area contributed by atoms with E-state index in [0.717, 1.165) is 11.1 Å². The molecule has 0 aliphatic carbocycles. The van der Waals surface area contributed by atoms with Crippen molar-refractivity contribution in [3.05, 3.63) is 47.8 Å². The maximum Gasteiger partial charge on any atom is 0.269 e. The monoisotopic (exact) mass is 270 g/mol. The number of carbonyl (C=O) groups excluding carboxylic acids is 1. The van der Waals surface area contributed by atoms with E-state index in [2.05, 4.69) is 38.1 Å². The van der Waals surface area contributed by atoms with Crippen LogP contribution < -0.4 is 0 Å². The molecule has 0 saturated carbocycles. The van der Waals surface area contributed by atoms with Gasteiger partial charge in [-0.1, -0.05) is 38.1 Å². The van der Waals surface area contributed by atoms with Gasteiger partial charge in [0.25, 0.3) is 5.91 Å². The van der Waals surface area contributed by atoms with E-state index in [-0.39, 0.29) is 5.91 Å². The molecular weight excluding hydrogens is 248 g/mol. The van der Waals surface area contributed by atoms with Gasteiger partial charge in [-0.15, -0.1) is 0 Å². The van der Waals surface area contributed by atoms with Crippen LogP contribution in [0.4, 0.5) is 0 Å². The van der Waals surface area contributed by atoms with Crippen LogP contribution in [0.5, 0.6) is 0 Å². The average Bonchev–Trinajstić information content (AvgIpc) is 2.80. The van der Waals surface area contributed by atoms with Crippen molar-refractivity contribution < 1.29 is 4.79 Å². The number of rotatable bonds is 3. The van der Waals surface area contributed by atoms with Crippen molar-refractivity contribution in [3.8, 4) is 11.1 Å². The number of hydrogen-bond donors (Lipinski definition) is 0. The topological polar surface area (TPSA) is 25.2 Å². The maximum absolute atomic E-state index is 12.1. The van der Waals surface area contributed by atoms with E-state index in [9.17, 15) is 4.79 Å². The predicted molar refractivity (Wildman–Crippen MR) is 83.0 cm³/mol. The molecule has 1 amide bonds. The highest BCUT2D eigenvalue weighted by molar-refractivity contribution is 5.94. The van der Waals surface area contributed by atoms with Gasteiger partial charge in [-0.2, -0.15) is 0 Å². The second-order valence-electron chi connectivity index (χ2n) is 5.70. The standard InChI is InChI=1S/C17H22N2O/c1-12(2)13-7-6-8-14(9-13)15-10-16(19(5)11-15)17(20)18(3)4/h6-12H,1-5H3. The lowest BCUT2D eigenvalue weighted by molar-refractivity contribution is 0.0818. The van der Waals surface area contributed by atoms with Gasteiger partial charge in [0.15, 0.2) is 0 Å². The summed E-state index contributed by atoms with van der Waals surface area (Å²) in [5.41, 5.74) is 4.26. The minimum Gasteiger partial charge on any atom is -0.346 e. The number of carbonyl (C=O) groups is 1. The van der Waals surface area contributed by atoms with Crippen molar-refractivity contribution in [2.45, 2.75) is 19.8 Å². The molecule has 0 radical (unpaired) electrons. The third-order valence-corrected chi connectivity index (χ3v) is 3.52. The molecule has 106 valence electrons. The fraction of sp³-hybridized carbons (Fsp3) is 0.353. The molecule has 0 spiro atoms. The van der Waals surface area contributed by atoms with Crippen LogP contribution >= 0.6 is 0 Å². The Morgan fingerprint density at radius 2 is 1.85 bits per heavy atom. The normalized spacial score (nSPS) is 10.9. The number of benzene rings is 1. The van der Waals surface area contributed by atoms with E-state index in [0.29, 0.717) is 11.6 Å². The molecule has 0 atom stereocenters. The van der Waals surface area contributed by atoms with Gasteiger partial charge in [-0.3, -0.25) is 4.79 Å². The highest BCUT2D eigenvalue weighted by Crippen LogP contribution is 2.25. The molecule has 3 heteroatoms. The van der Waals surface area contributed by atoms with Crippen molar-refractivity contribution in [2.75, 3.05) is 14.1 Å². The van der Waals surface area contributed by atoms with E-state index in [1.54, 1.807) is 19.0 Å². The number of amides is 1. The molecule has 0 unspecified atom stereocenters. The molecule has 1 aromatic heterocycles. The Morgan fingerprint density at radius 3 is 2.45 bits per heavy atom. The maximum atomic E-state index is 12.1. The van der Waals surface area contributed by atoms with Gasteiger partial charge in [0.2, 0.25) is 0 Å². The molecule has 2 rings (SSSR count). The molecule has 2 aromatic rings. The van der Waals surface area contributed by atoms with Crippen molar-refractivity contribution in [2.24, 2.45) is 7.05 Å². The highest BCUT2D eigenvalue weighted by atomic mass is 16.2. The number of nitrogens with zero attached hydrogens (tertiary/aromatic N) is 2. The van der Waals surface area contributed by atoms with E-state index in [4.69, 9.17) is 0 Å². The summed E-state index contributed by atoms with van der Waals surface area (Å²) in [5.74, 6) is 0.528. The number of aryl methyl sites for hydroxylation is 1. The summed E-state index contributed by atoms with van der Waals surface area (Å²) >= 11 is 0. The minimum atomic E-state index is 0.0266. The first-order valence-electron chi connectivity index (χ1n) is 6.88. The lowest BCUT2D eigenvalue weighted by Crippen LogP contribution is -2.23. The zero-order valence-electron chi connectivity index (χ0n) is 12.8. The molecule has 0 bridgehead atoms. The first-order valence-corrected chi connectivity index (χ1v) is 6.88. The molecule has 3 nitrogen and oxygen atoms in total. The van der Waals surface area contributed by atoms with Crippen LogP contribution in [-0.4, -0.2) is 29.5 Å². The van der Waals surface area contributed by atoms with Crippen LogP contribution in [0.2, 0.25) is 0 Å². The van der Waals surface area contributed by atoms with Gasteiger partial charge in [-0.05, 0) is 23.1 Å². The molecule has 1 aromatic carbocycles. The van der Waals surface area contributed by atoms with Crippen molar-refractivity contribution >= 4 is 5.91 Å². The Labute approximate surface area is 120 Å². The quantitative estimate of drug-likeness (QED) is 0.837. The fourth-order valence-corrected chi connectivity index (χ4v) is 2.24. The van der Waals surface area contributed by atoms with Gasteiger partial charge < -0.3 is 9.47 Å². The smallest absolute Gasteiger partial charge is 0.269 e. The summed E-state index contributed by atoms with van der Waals surface area (Å²) in [5, 5.41) is 0. The second-order valence-corrected chi connectivity index (χ2v) is 5.70. The first-order chi connectivity index (χ1) is 9.40. The van der Waals surface area contributed by atoms with E-state index < -0.39 is 0 Å². The van der Waals surface area contributed by atoms with Gasteiger partial charge in [0.05, 0.1) is 0 Å². The molecule has 0 fully saturated rings. The Kier molecular flexibility index (Phi) is 3.98. The lowest BCUT2D eigenvalue weighted by atomic mass is 9.98. The third kappa shape index (κ3) is 2.77. The number of hydrogen-bond acceptors (Lipinski definition) is 1. The zero-order chi connectivity index (χ0) is 14.9. The lowest BCUT2D eigenvalue weighted by Gasteiger charge is -2.10. The van der Waals surface area contributed by atoms with Crippen LogP contribution in [-0.2, 0) is 7.05 Å². The van der Waals surface area contributed by atoms with Crippen LogP contribution in [0.15, 0.2) is 36.5 Å². The first kappa shape index (κ1) is 14.4. The van der Waals surface area contributed by atoms with Crippen LogP contribution in [0.25, 0.3) is 11.1 Å². The predicted octanol–water partition coefficient (Wildman–Crippen LogP) is 3.52. The van der Waals surface area contributed by atoms with Crippen LogP contribution in [0.1, 0.15) is 35.8 Å². The second kappa shape index (κ2) is 5.53. The van der Waals surface area contributed by atoms with Gasteiger partial charge in [-0.25, -0.2) is 0 Å². The van der Waals surface area contributed by atoms with E-state index in [1.807, 2.05) is 23.9 Å². The Morgan fingerprint density at radius 1 is 1.15 bits per heavy atom. The van der Waals surface area contributed by atoms with Crippen LogP contribution in [0, 0.1) is 0 Å². The van der Waals surface area contributed by atoms with Crippen molar-refractivity contribution in [1.29, 1.82) is 0 Å². The molecular formula is C17H22N2O. The van der Waals surface area contributed by atoms with Crippen LogP contribution in [0.3, 0.4) is 0 Å². The number of aromatic nitrogens is 1. The van der Waals surface area contributed by atoms with Crippen molar-refractivity contribution in [1.82, 2.24) is 9.47 Å². The molecule has 0 aliphatic heterocycles. The van der Waals surface area contributed by atoms with E-state index in [1.165, 1.54) is 5.56 Å². The molecule has 0 saturated heterocycles. The molecule has 1 heterocycles. The van der Waals surface area contributed by atoms with Crippen molar-refractivity contribution in [3.63, 3.8) is 0 Å². The largest absolute Gasteiger partial charge is 0.346 e. The average molecular weight is 270 g/mol. The van der Waals surface area contributed by atoms with E-state index >= 15 is 0 Å². The molecule has 0 N–H and O–H groups in total. The molecule has 0 aliphatic rings. The summed E-state index contributed by atoms with van der Waals surface area (Å²) in [7, 11) is 5.45. The van der Waals surface area contributed by atoms with Gasteiger partial charge in [0.1, 0.15) is 5.69 Å². The third-order valence-electron chi connectivity index (χ3n) is 3.52. The summed E-state index contributed by atoms with van der Waals surface area (Å²) < 4.78 is 1.89. The summed E-state index contributed by atoms with van der Waals surface area (Å²) in [6, 6.07) is 10.5. The minimum absolute atomic E-state index is 0.0266. The van der Waals surface area contributed by atoms with Gasteiger partial charge in [0, 0.05) is 32.9 Å². The summed E-state index contributed by atoms with van der Waals surface area (Å²) in [6.45, 7) is 4.37. The van der Waals surface area contributed by atoms with Gasteiger partial charge >= 0.3 is 0 Å².